The Balaban J connectivity index is 2.44. The highest BCUT2D eigenvalue weighted by Crippen LogP contribution is 2.25. The first-order chi connectivity index (χ1) is 8.63. The number of thioether (sulfide) groups is 1. The Bertz CT molecular complexity index is 598. The predicted molar refractivity (Wildman–Crippen MR) is 80.2 cm³/mol. The van der Waals surface area contributed by atoms with E-state index in [-0.39, 0.29) is 5.78 Å². The summed E-state index contributed by atoms with van der Waals surface area (Å²) in [5, 5.41) is 0. The van der Waals surface area contributed by atoms with Crippen LogP contribution in [0.2, 0.25) is 0 Å². The van der Waals surface area contributed by atoms with E-state index in [0.717, 1.165) is 14.9 Å². The van der Waals surface area contributed by atoms with Crippen molar-refractivity contribution < 1.29 is 4.79 Å². The first kappa shape index (κ1) is 13.2. The lowest BCUT2D eigenvalue weighted by Crippen LogP contribution is -2.03. The molecule has 0 aliphatic heterocycles. The van der Waals surface area contributed by atoms with Gasteiger partial charge >= 0.3 is 0 Å². The molecule has 0 spiro atoms. The maximum absolute atomic E-state index is 12.4. The minimum atomic E-state index is 0.0145. The number of halogens is 1. The molecule has 0 saturated heterocycles. The maximum atomic E-state index is 12.4. The van der Waals surface area contributed by atoms with Gasteiger partial charge in [0.25, 0.3) is 0 Å². The molecule has 0 amide bonds. The van der Waals surface area contributed by atoms with Crippen LogP contribution in [-0.4, -0.2) is 12.0 Å². The van der Waals surface area contributed by atoms with Gasteiger partial charge in [0.2, 0.25) is 0 Å². The van der Waals surface area contributed by atoms with Gasteiger partial charge < -0.3 is 5.73 Å². The number of rotatable bonds is 3. The molecule has 0 saturated carbocycles. The summed E-state index contributed by atoms with van der Waals surface area (Å²) in [5.41, 5.74) is 7.71. The number of hydrogen-bond donors (Lipinski definition) is 1. The van der Waals surface area contributed by atoms with Gasteiger partial charge in [-0.25, -0.2) is 0 Å². The number of carbonyl (C=O) groups is 1. The van der Waals surface area contributed by atoms with Crippen LogP contribution in [0.25, 0.3) is 0 Å². The van der Waals surface area contributed by atoms with E-state index in [9.17, 15) is 4.79 Å². The van der Waals surface area contributed by atoms with E-state index in [0.29, 0.717) is 11.3 Å². The first-order valence-corrected chi connectivity index (χ1v) is 7.38. The zero-order chi connectivity index (χ0) is 13.1. The highest BCUT2D eigenvalue weighted by Gasteiger charge is 2.13. The molecular formula is C14H12BrNOS. The van der Waals surface area contributed by atoms with E-state index in [1.165, 1.54) is 0 Å². The monoisotopic (exact) mass is 321 g/mol. The molecule has 0 atom stereocenters. The van der Waals surface area contributed by atoms with Gasteiger partial charge in [-0.2, -0.15) is 0 Å². The fraction of sp³-hybridized carbons (Fsp3) is 0.0714. The molecule has 0 aliphatic carbocycles. The third-order valence-electron chi connectivity index (χ3n) is 2.61. The molecule has 92 valence electrons. The molecule has 0 heterocycles. The molecule has 0 radical (unpaired) electrons. The van der Waals surface area contributed by atoms with Crippen LogP contribution in [0.5, 0.6) is 0 Å². The van der Waals surface area contributed by atoms with Gasteiger partial charge in [0, 0.05) is 26.2 Å². The van der Waals surface area contributed by atoms with Crippen LogP contribution in [0.3, 0.4) is 0 Å². The predicted octanol–water partition coefficient (Wildman–Crippen LogP) is 3.98. The Morgan fingerprint density at radius 2 is 1.94 bits per heavy atom. The largest absolute Gasteiger partial charge is 0.398 e. The van der Waals surface area contributed by atoms with Crippen LogP contribution < -0.4 is 5.73 Å². The second-order valence-corrected chi connectivity index (χ2v) is 5.47. The number of hydrogen-bond acceptors (Lipinski definition) is 3. The van der Waals surface area contributed by atoms with Crippen LogP contribution in [0.4, 0.5) is 5.69 Å². The van der Waals surface area contributed by atoms with E-state index < -0.39 is 0 Å². The van der Waals surface area contributed by atoms with Crippen molar-refractivity contribution in [2.45, 2.75) is 4.90 Å². The SMILES string of the molecule is CSc1ccccc1C(=O)c1ccc(N)c(Br)c1. The van der Waals surface area contributed by atoms with Gasteiger partial charge in [-0.05, 0) is 52.5 Å². The quantitative estimate of drug-likeness (QED) is 0.528. The fourth-order valence-corrected chi connectivity index (χ4v) is 2.63. The normalized spacial score (nSPS) is 10.3. The molecule has 2 N–H and O–H groups in total. The summed E-state index contributed by atoms with van der Waals surface area (Å²) in [6.45, 7) is 0. The van der Waals surface area contributed by atoms with E-state index in [2.05, 4.69) is 15.9 Å². The van der Waals surface area contributed by atoms with Crippen LogP contribution in [-0.2, 0) is 0 Å². The Morgan fingerprint density at radius 3 is 2.61 bits per heavy atom. The van der Waals surface area contributed by atoms with Crippen molar-refractivity contribution in [1.82, 2.24) is 0 Å². The molecule has 0 bridgehead atoms. The summed E-state index contributed by atoms with van der Waals surface area (Å²) >= 11 is 4.91. The van der Waals surface area contributed by atoms with Crippen molar-refractivity contribution in [1.29, 1.82) is 0 Å². The molecule has 4 heteroatoms. The Hall–Kier alpha value is -1.26. The Labute approximate surface area is 119 Å². The lowest BCUT2D eigenvalue weighted by atomic mass is 10.0. The molecule has 0 unspecified atom stereocenters. The van der Waals surface area contributed by atoms with Crippen molar-refractivity contribution >= 4 is 39.2 Å². The van der Waals surface area contributed by atoms with E-state index in [4.69, 9.17) is 5.73 Å². The van der Waals surface area contributed by atoms with Crippen molar-refractivity contribution in [2.24, 2.45) is 0 Å². The molecule has 2 nitrogen and oxygen atoms in total. The summed E-state index contributed by atoms with van der Waals surface area (Å²) in [6.07, 6.45) is 1.96. The molecular weight excluding hydrogens is 310 g/mol. The second kappa shape index (κ2) is 5.59. The van der Waals surface area contributed by atoms with Gasteiger partial charge in [0.1, 0.15) is 0 Å². The molecule has 0 aromatic heterocycles. The number of ketones is 1. The molecule has 2 aromatic rings. The summed E-state index contributed by atoms with van der Waals surface area (Å²) < 4.78 is 0.745. The van der Waals surface area contributed by atoms with Crippen molar-refractivity contribution in [3.05, 3.63) is 58.1 Å². The van der Waals surface area contributed by atoms with E-state index in [1.807, 2.05) is 30.5 Å². The minimum absolute atomic E-state index is 0.0145. The summed E-state index contributed by atoms with van der Waals surface area (Å²) in [6, 6.07) is 12.8. The molecule has 2 aromatic carbocycles. The topological polar surface area (TPSA) is 43.1 Å². The average molecular weight is 322 g/mol. The first-order valence-electron chi connectivity index (χ1n) is 5.36. The van der Waals surface area contributed by atoms with E-state index in [1.54, 1.807) is 30.0 Å². The highest BCUT2D eigenvalue weighted by atomic mass is 79.9. The van der Waals surface area contributed by atoms with Gasteiger partial charge in [0.15, 0.2) is 5.78 Å². The molecule has 0 aliphatic rings. The Kier molecular flexibility index (Phi) is 4.09. The maximum Gasteiger partial charge on any atom is 0.194 e. The second-order valence-electron chi connectivity index (χ2n) is 3.77. The number of benzene rings is 2. The van der Waals surface area contributed by atoms with Crippen molar-refractivity contribution in [3.63, 3.8) is 0 Å². The fourth-order valence-electron chi connectivity index (χ4n) is 1.66. The zero-order valence-corrected chi connectivity index (χ0v) is 12.2. The third kappa shape index (κ3) is 2.60. The summed E-state index contributed by atoms with van der Waals surface area (Å²) in [4.78, 5) is 13.4. The van der Waals surface area contributed by atoms with Crippen LogP contribution in [0, 0.1) is 0 Å². The Morgan fingerprint density at radius 1 is 1.22 bits per heavy atom. The highest BCUT2D eigenvalue weighted by molar-refractivity contribution is 9.10. The van der Waals surface area contributed by atoms with Gasteiger partial charge in [-0.1, -0.05) is 12.1 Å². The van der Waals surface area contributed by atoms with Crippen LogP contribution in [0.15, 0.2) is 51.8 Å². The number of nitrogen functional groups attached to an aromatic ring is 1. The number of anilines is 1. The van der Waals surface area contributed by atoms with Gasteiger partial charge in [-0.3, -0.25) is 4.79 Å². The smallest absolute Gasteiger partial charge is 0.194 e. The van der Waals surface area contributed by atoms with Crippen molar-refractivity contribution in [3.8, 4) is 0 Å². The van der Waals surface area contributed by atoms with Gasteiger partial charge in [0.05, 0.1) is 0 Å². The third-order valence-corrected chi connectivity index (χ3v) is 4.10. The molecule has 2 rings (SSSR count). The number of nitrogens with two attached hydrogens (primary N) is 1. The van der Waals surface area contributed by atoms with E-state index >= 15 is 0 Å². The van der Waals surface area contributed by atoms with Crippen molar-refractivity contribution in [2.75, 3.05) is 12.0 Å². The lowest BCUT2D eigenvalue weighted by molar-refractivity contribution is 0.103. The zero-order valence-electron chi connectivity index (χ0n) is 9.81. The minimum Gasteiger partial charge on any atom is -0.398 e. The molecule has 0 fully saturated rings. The van der Waals surface area contributed by atoms with Gasteiger partial charge in [-0.15, -0.1) is 11.8 Å². The van der Waals surface area contributed by atoms with Crippen LogP contribution in [0.1, 0.15) is 15.9 Å². The average Bonchev–Trinajstić information content (AvgIpc) is 2.41. The summed E-state index contributed by atoms with van der Waals surface area (Å²) in [7, 11) is 0. The summed E-state index contributed by atoms with van der Waals surface area (Å²) in [5.74, 6) is 0.0145. The van der Waals surface area contributed by atoms with Crippen LogP contribution >= 0.6 is 27.7 Å². The lowest BCUT2D eigenvalue weighted by Gasteiger charge is -2.07. The standard InChI is InChI=1S/C14H12BrNOS/c1-18-13-5-3-2-4-10(13)14(17)9-6-7-12(16)11(15)8-9/h2-8H,16H2,1H3. The number of carbonyl (C=O) groups excluding carboxylic acids is 1. The molecule has 18 heavy (non-hydrogen) atoms.